The Labute approximate surface area is 127 Å². The van der Waals surface area contributed by atoms with Gasteiger partial charge in [-0.25, -0.2) is 4.98 Å². The van der Waals surface area contributed by atoms with Crippen molar-refractivity contribution in [2.24, 2.45) is 10.9 Å². The van der Waals surface area contributed by atoms with Crippen molar-refractivity contribution in [1.82, 2.24) is 9.88 Å². The van der Waals surface area contributed by atoms with Gasteiger partial charge in [0.05, 0.1) is 5.56 Å². The van der Waals surface area contributed by atoms with E-state index in [0.717, 1.165) is 48.7 Å². The van der Waals surface area contributed by atoms with Crippen molar-refractivity contribution in [3.63, 3.8) is 0 Å². The Balaban J connectivity index is 3.12. The highest BCUT2D eigenvalue weighted by Crippen LogP contribution is 2.22. The lowest BCUT2D eigenvalue weighted by atomic mass is 10.1. The van der Waals surface area contributed by atoms with E-state index in [1.807, 2.05) is 19.9 Å². The van der Waals surface area contributed by atoms with Gasteiger partial charge in [-0.1, -0.05) is 5.16 Å². The number of amidine groups is 1. The lowest BCUT2D eigenvalue weighted by Gasteiger charge is -2.26. The average Bonchev–Trinajstić information content (AvgIpc) is 2.41. The van der Waals surface area contributed by atoms with E-state index in [1.165, 1.54) is 0 Å². The number of pyridine rings is 1. The maximum absolute atomic E-state index is 9.02. The monoisotopic (exact) mass is 293 g/mol. The van der Waals surface area contributed by atoms with Crippen LogP contribution in [0.3, 0.4) is 0 Å². The van der Waals surface area contributed by atoms with Crippen molar-refractivity contribution in [1.29, 1.82) is 0 Å². The third kappa shape index (κ3) is 4.60. The second-order valence-electron chi connectivity index (χ2n) is 5.50. The number of rotatable bonds is 7. The number of aryl methyl sites for hydroxylation is 2. The maximum atomic E-state index is 9.02. The normalized spacial score (nSPS) is 12.0. The zero-order valence-corrected chi connectivity index (χ0v) is 13.7. The predicted molar refractivity (Wildman–Crippen MR) is 87.3 cm³/mol. The second kappa shape index (κ2) is 7.83. The number of hydrogen-bond acceptors (Lipinski definition) is 5. The van der Waals surface area contributed by atoms with Crippen molar-refractivity contribution in [2.45, 2.75) is 27.2 Å². The van der Waals surface area contributed by atoms with Crippen LogP contribution in [0.25, 0.3) is 0 Å². The number of aromatic nitrogens is 1. The average molecular weight is 293 g/mol. The number of nitrogens with two attached hydrogens (primary N) is 1. The molecule has 1 heterocycles. The summed E-state index contributed by atoms with van der Waals surface area (Å²) in [5.74, 6) is 0.908. The third-order valence-electron chi connectivity index (χ3n) is 3.40. The van der Waals surface area contributed by atoms with Crippen LogP contribution in [0.15, 0.2) is 11.2 Å². The number of hydrogen-bond donors (Lipinski definition) is 2. The minimum absolute atomic E-state index is 0.112. The first-order valence-corrected chi connectivity index (χ1v) is 7.26. The van der Waals surface area contributed by atoms with Gasteiger partial charge >= 0.3 is 0 Å². The van der Waals surface area contributed by atoms with Gasteiger partial charge in [-0.2, -0.15) is 0 Å². The smallest absolute Gasteiger partial charge is 0.174 e. The van der Waals surface area contributed by atoms with E-state index in [1.54, 1.807) is 0 Å². The molecule has 0 radical (unpaired) electrons. The van der Waals surface area contributed by atoms with E-state index >= 15 is 0 Å². The van der Waals surface area contributed by atoms with Gasteiger partial charge in [0.15, 0.2) is 5.84 Å². The molecule has 0 aliphatic carbocycles. The summed E-state index contributed by atoms with van der Waals surface area (Å²) in [5.41, 5.74) is 8.46. The Morgan fingerprint density at radius 2 is 2.00 bits per heavy atom. The highest BCUT2D eigenvalue weighted by Gasteiger charge is 2.17. The summed E-state index contributed by atoms with van der Waals surface area (Å²) in [6.07, 6.45) is 1.03. The van der Waals surface area contributed by atoms with Gasteiger partial charge in [-0.05, 0) is 59.5 Å². The molecule has 1 aromatic heterocycles. The third-order valence-corrected chi connectivity index (χ3v) is 3.40. The highest BCUT2D eigenvalue weighted by atomic mass is 16.4. The molecule has 0 bridgehead atoms. The summed E-state index contributed by atoms with van der Waals surface area (Å²) in [5, 5.41) is 12.2. The maximum Gasteiger partial charge on any atom is 0.174 e. The van der Waals surface area contributed by atoms with E-state index in [4.69, 9.17) is 10.9 Å². The van der Waals surface area contributed by atoms with E-state index in [9.17, 15) is 0 Å². The fourth-order valence-electron chi connectivity index (χ4n) is 2.40. The van der Waals surface area contributed by atoms with Gasteiger partial charge in [0, 0.05) is 18.8 Å². The summed E-state index contributed by atoms with van der Waals surface area (Å²) in [7, 11) is 4.13. The SMILES string of the molecule is CCN(CCCN(C)C)c1nc(C)cc(C)c1/C(N)=N/O. The fourth-order valence-corrected chi connectivity index (χ4v) is 2.40. The predicted octanol–water partition coefficient (Wildman–Crippen LogP) is 1.57. The summed E-state index contributed by atoms with van der Waals surface area (Å²) in [6, 6.07) is 1.95. The van der Waals surface area contributed by atoms with Crippen LogP contribution in [0.4, 0.5) is 5.82 Å². The lowest BCUT2D eigenvalue weighted by Crippen LogP contribution is -2.31. The molecular formula is C15H27N5O. The molecule has 0 amide bonds. The van der Waals surface area contributed by atoms with Crippen LogP contribution < -0.4 is 10.6 Å². The number of oxime groups is 1. The Morgan fingerprint density at radius 3 is 2.52 bits per heavy atom. The minimum Gasteiger partial charge on any atom is -0.409 e. The lowest BCUT2D eigenvalue weighted by molar-refractivity contribution is 0.318. The number of nitrogens with zero attached hydrogens (tertiary/aromatic N) is 4. The molecule has 0 aromatic carbocycles. The molecule has 21 heavy (non-hydrogen) atoms. The van der Waals surface area contributed by atoms with Gasteiger partial charge in [0.2, 0.25) is 0 Å². The summed E-state index contributed by atoms with van der Waals surface area (Å²) in [4.78, 5) is 8.95. The molecule has 0 spiro atoms. The Hall–Kier alpha value is -1.82. The Morgan fingerprint density at radius 1 is 1.33 bits per heavy atom. The quantitative estimate of drug-likeness (QED) is 0.345. The van der Waals surface area contributed by atoms with E-state index in [2.05, 4.69) is 41.0 Å². The van der Waals surface area contributed by atoms with Gasteiger partial charge in [-0.3, -0.25) is 0 Å². The molecule has 0 unspecified atom stereocenters. The Bertz CT molecular complexity index is 499. The molecule has 0 atom stereocenters. The van der Waals surface area contributed by atoms with Crippen LogP contribution in [0.1, 0.15) is 30.2 Å². The van der Waals surface area contributed by atoms with Crippen molar-refractivity contribution in [3.05, 3.63) is 22.9 Å². The molecule has 0 fully saturated rings. The van der Waals surface area contributed by atoms with Crippen molar-refractivity contribution in [2.75, 3.05) is 38.6 Å². The fraction of sp³-hybridized carbons (Fsp3) is 0.600. The Kier molecular flexibility index (Phi) is 6.42. The highest BCUT2D eigenvalue weighted by molar-refractivity contribution is 6.02. The largest absolute Gasteiger partial charge is 0.409 e. The zero-order valence-electron chi connectivity index (χ0n) is 13.7. The molecule has 6 heteroatoms. The summed E-state index contributed by atoms with van der Waals surface area (Å²) < 4.78 is 0. The van der Waals surface area contributed by atoms with Crippen LogP contribution in [0, 0.1) is 13.8 Å². The van der Waals surface area contributed by atoms with Crippen molar-refractivity contribution >= 4 is 11.7 Å². The molecule has 0 saturated heterocycles. The number of anilines is 1. The molecule has 0 aliphatic heterocycles. The zero-order chi connectivity index (χ0) is 16.0. The van der Waals surface area contributed by atoms with Crippen molar-refractivity contribution < 1.29 is 5.21 Å². The molecule has 1 rings (SSSR count). The van der Waals surface area contributed by atoms with Gasteiger partial charge in [0.1, 0.15) is 5.82 Å². The topological polar surface area (TPSA) is 78.0 Å². The molecule has 0 saturated carbocycles. The van der Waals surface area contributed by atoms with Crippen LogP contribution in [-0.2, 0) is 0 Å². The van der Waals surface area contributed by atoms with Crippen LogP contribution >= 0.6 is 0 Å². The molecule has 3 N–H and O–H groups in total. The second-order valence-corrected chi connectivity index (χ2v) is 5.50. The van der Waals surface area contributed by atoms with Gasteiger partial charge in [0.25, 0.3) is 0 Å². The van der Waals surface area contributed by atoms with E-state index in [0.29, 0.717) is 0 Å². The molecule has 6 nitrogen and oxygen atoms in total. The van der Waals surface area contributed by atoms with Crippen LogP contribution in [0.5, 0.6) is 0 Å². The summed E-state index contributed by atoms with van der Waals surface area (Å²) in [6.45, 7) is 8.73. The first-order chi connectivity index (χ1) is 9.90. The minimum atomic E-state index is 0.112. The first-order valence-electron chi connectivity index (χ1n) is 7.26. The molecule has 1 aromatic rings. The first kappa shape index (κ1) is 17.2. The molecular weight excluding hydrogens is 266 g/mol. The van der Waals surface area contributed by atoms with Gasteiger partial charge in [-0.15, -0.1) is 0 Å². The van der Waals surface area contributed by atoms with Crippen molar-refractivity contribution in [3.8, 4) is 0 Å². The molecule has 118 valence electrons. The van der Waals surface area contributed by atoms with E-state index < -0.39 is 0 Å². The van der Waals surface area contributed by atoms with Crippen LogP contribution in [0.2, 0.25) is 0 Å². The van der Waals surface area contributed by atoms with E-state index in [-0.39, 0.29) is 5.84 Å². The van der Waals surface area contributed by atoms with Gasteiger partial charge < -0.3 is 20.7 Å². The molecule has 0 aliphatic rings. The summed E-state index contributed by atoms with van der Waals surface area (Å²) >= 11 is 0. The van der Waals surface area contributed by atoms with Crippen LogP contribution in [-0.4, -0.2) is 54.7 Å². The standard InChI is InChI=1S/C15H27N5O/c1-6-20(9-7-8-19(4)5)15-13(14(16)18-21)11(2)10-12(3)17-15/h10,21H,6-9H2,1-5H3,(H2,16,18).